The van der Waals surface area contributed by atoms with Crippen LogP contribution in [0.5, 0.6) is 0 Å². The fourth-order valence-corrected chi connectivity index (χ4v) is 2.19. The highest BCUT2D eigenvalue weighted by molar-refractivity contribution is 9.11. The molecule has 1 fully saturated rings. The van der Waals surface area contributed by atoms with E-state index < -0.39 is 0 Å². The minimum Gasteiger partial charge on any atom is -0.314 e. The van der Waals surface area contributed by atoms with E-state index in [-0.39, 0.29) is 0 Å². The molecule has 4 nitrogen and oxygen atoms in total. The van der Waals surface area contributed by atoms with Gasteiger partial charge in [0.25, 0.3) is 0 Å². The molecule has 2 heterocycles. The highest BCUT2D eigenvalue weighted by Crippen LogP contribution is 2.19. The Morgan fingerprint density at radius 2 is 2.23 bits per heavy atom. The highest BCUT2D eigenvalue weighted by atomic mass is 79.9. The topological polar surface area (TPSA) is 41.1 Å². The lowest BCUT2D eigenvalue weighted by Gasteiger charge is -2.26. The van der Waals surface area contributed by atoms with Gasteiger partial charge in [-0.25, -0.2) is 0 Å². The Labute approximate surface area is 89.6 Å². The maximum atomic E-state index is 4.07. The number of aromatic nitrogens is 2. The number of rotatable bonds is 2. The summed E-state index contributed by atoms with van der Waals surface area (Å²) < 4.78 is 4.95. The van der Waals surface area contributed by atoms with Crippen molar-refractivity contribution in [1.82, 2.24) is 19.8 Å². The maximum absolute atomic E-state index is 4.07. The molecule has 0 radical (unpaired) electrons. The third kappa shape index (κ3) is 2.46. The van der Waals surface area contributed by atoms with Gasteiger partial charge in [0.2, 0.25) is 0 Å². The fourth-order valence-electron chi connectivity index (χ4n) is 1.37. The van der Waals surface area contributed by atoms with Crippen LogP contribution in [0.3, 0.4) is 0 Å². The molecule has 1 N–H and O–H groups in total. The van der Waals surface area contributed by atoms with Gasteiger partial charge in [-0.2, -0.15) is 0 Å². The minimum atomic E-state index is 0.915. The van der Waals surface area contributed by atoms with Crippen LogP contribution in [0.2, 0.25) is 0 Å². The molecule has 1 saturated heterocycles. The first kappa shape index (κ1) is 9.51. The molecular formula is C7H11BrN4S. The Hall–Kier alpha value is -0.0400. The van der Waals surface area contributed by atoms with Gasteiger partial charge < -0.3 is 5.32 Å². The highest BCUT2D eigenvalue weighted by Gasteiger charge is 2.13. The zero-order valence-corrected chi connectivity index (χ0v) is 9.57. The van der Waals surface area contributed by atoms with Gasteiger partial charge in [-0.1, -0.05) is 4.49 Å². The molecule has 1 aliphatic rings. The first-order valence-electron chi connectivity index (χ1n) is 4.26. The third-order valence-corrected chi connectivity index (χ3v) is 3.54. The molecule has 13 heavy (non-hydrogen) atoms. The summed E-state index contributed by atoms with van der Waals surface area (Å²) in [5.41, 5.74) is 1.06. The molecule has 72 valence electrons. The fraction of sp³-hybridized carbons (Fsp3) is 0.714. The molecule has 0 amide bonds. The summed E-state index contributed by atoms with van der Waals surface area (Å²) in [7, 11) is 0. The Morgan fingerprint density at radius 3 is 2.85 bits per heavy atom. The summed E-state index contributed by atoms with van der Waals surface area (Å²) in [6, 6.07) is 0. The van der Waals surface area contributed by atoms with Crippen LogP contribution in [0.15, 0.2) is 3.79 Å². The van der Waals surface area contributed by atoms with Crippen LogP contribution in [0.4, 0.5) is 0 Å². The molecule has 0 bridgehead atoms. The van der Waals surface area contributed by atoms with E-state index in [0.29, 0.717) is 0 Å². The van der Waals surface area contributed by atoms with Crippen molar-refractivity contribution in [3.8, 4) is 0 Å². The zero-order chi connectivity index (χ0) is 9.10. The molecule has 2 rings (SSSR count). The lowest BCUT2D eigenvalue weighted by atomic mass is 10.3. The predicted molar refractivity (Wildman–Crippen MR) is 55.8 cm³/mol. The summed E-state index contributed by atoms with van der Waals surface area (Å²) in [4.78, 5) is 2.39. The second kappa shape index (κ2) is 4.45. The third-order valence-electron chi connectivity index (χ3n) is 2.09. The van der Waals surface area contributed by atoms with Crippen LogP contribution < -0.4 is 5.32 Å². The Bertz CT molecular complexity index is 271. The first-order valence-corrected chi connectivity index (χ1v) is 5.83. The molecular weight excluding hydrogens is 252 g/mol. The van der Waals surface area contributed by atoms with E-state index in [1.165, 1.54) is 11.5 Å². The minimum absolute atomic E-state index is 0.915. The van der Waals surface area contributed by atoms with Gasteiger partial charge in [-0.15, -0.1) is 5.10 Å². The Kier molecular flexibility index (Phi) is 3.26. The van der Waals surface area contributed by atoms with Gasteiger partial charge in [0.05, 0.1) is 0 Å². The van der Waals surface area contributed by atoms with E-state index >= 15 is 0 Å². The van der Waals surface area contributed by atoms with Crippen LogP contribution in [0.25, 0.3) is 0 Å². The number of nitrogens with one attached hydrogen (secondary N) is 1. The van der Waals surface area contributed by atoms with Crippen molar-refractivity contribution in [2.75, 3.05) is 26.2 Å². The summed E-state index contributed by atoms with van der Waals surface area (Å²) >= 11 is 4.85. The summed E-state index contributed by atoms with van der Waals surface area (Å²) in [6.07, 6.45) is 0. The van der Waals surface area contributed by atoms with Crippen LogP contribution in [0, 0.1) is 0 Å². The molecule has 0 aromatic carbocycles. The van der Waals surface area contributed by atoms with Crippen molar-refractivity contribution in [3.05, 3.63) is 9.48 Å². The van der Waals surface area contributed by atoms with E-state index in [2.05, 4.69) is 35.7 Å². The first-order chi connectivity index (χ1) is 6.36. The number of hydrogen-bond acceptors (Lipinski definition) is 5. The smallest absolute Gasteiger partial charge is 0.115 e. The second-order valence-corrected chi connectivity index (χ2v) is 5.09. The van der Waals surface area contributed by atoms with Gasteiger partial charge in [0.1, 0.15) is 9.48 Å². The molecule has 1 aromatic rings. The molecule has 6 heteroatoms. The van der Waals surface area contributed by atoms with E-state index in [1.54, 1.807) is 0 Å². The molecule has 1 aromatic heterocycles. The van der Waals surface area contributed by atoms with Crippen molar-refractivity contribution in [2.45, 2.75) is 6.54 Å². The van der Waals surface area contributed by atoms with Crippen molar-refractivity contribution >= 4 is 27.5 Å². The molecule has 0 atom stereocenters. The van der Waals surface area contributed by atoms with Crippen LogP contribution in [-0.2, 0) is 6.54 Å². The molecule has 0 spiro atoms. The predicted octanol–water partition coefficient (Wildman–Crippen LogP) is 0.706. The SMILES string of the molecule is Brc1snnc1CN1CCNCC1. The van der Waals surface area contributed by atoms with Crippen LogP contribution in [0.1, 0.15) is 5.69 Å². The van der Waals surface area contributed by atoms with E-state index in [9.17, 15) is 0 Å². The van der Waals surface area contributed by atoms with Crippen molar-refractivity contribution in [2.24, 2.45) is 0 Å². The zero-order valence-electron chi connectivity index (χ0n) is 7.16. The summed E-state index contributed by atoms with van der Waals surface area (Å²) in [5.74, 6) is 0. The second-order valence-electron chi connectivity index (χ2n) is 3.02. The lowest BCUT2D eigenvalue weighted by Crippen LogP contribution is -2.43. The number of nitrogens with zero attached hydrogens (tertiary/aromatic N) is 3. The van der Waals surface area contributed by atoms with E-state index in [0.717, 1.165) is 42.2 Å². The van der Waals surface area contributed by atoms with Crippen LogP contribution in [-0.4, -0.2) is 40.7 Å². The van der Waals surface area contributed by atoms with Gasteiger partial charge >= 0.3 is 0 Å². The Morgan fingerprint density at radius 1 is 1.46 bits per heavy atom. The standard InChI is InChI=1S/C7H11BrN4S/c8-7-6(10-11-13-7)5-12-3-1-9-2-4-12/h9H,1-5H2. The molecule has 1 aliphatic heterocycles. The van der Waals surface area contributed by atoms with Crippen molar-refractivity contribution < 1.29 is 0 Å². The Balaban J connectivity index is 1.93. The van der Waals surface area contributed by atoms with Crippen LogP contribution >= 0.6 is 27.5 Å². The van der Waals surface area contributed by atoms with E-state index in [4.69, 9.17) is 0 Å². The van der Waals surface area contributed by atoms with Crippen molar-refractivity contribution in [3.63, 3.8) is 0 Å². The number of hydrogen-bond donors (Lipinski definition) is 1. The quantitative estimate of drug-likeness (QED) is 0.853. The number of halogens is 1. The van der Waals surface area contributed by atoms with Crippen molar-refractivity contribution in [1.29, 1.82) is 0 Å². The normalized spacial score (nSPS) is 19.2. The van der Waals surface area contributed by atoms with Gasteiger partial charge in [0.15, 0.2) is 0 Å². The average molecular weight is 263 g/mol. The summed E-state index contributed by atoms with van der Waals surface area (Å²) in [6.45, 7) is 5.27. The van der Waals surface area contributed by atoms with E-state index in [1.807, 2.05) is 0 Å². The monoisotopic (exact) mass is 262 g/mol. The van der Waals surface area contributed by atoms with Gasteiger partial charge in [-0.3, -0.25) is 4.90 Å². The van der Waals surface area contributed by atoms with Gasteiger partial charge in [0, 0.05) is 32.7 Å². The largest absolute Gasteiger partial charge is 0.314 e. The maximum Gasteiger partial charge on any atom is 0.115 e. The summed E-state index contributed by atoms with van der Waals surface area (Å²) in [5, 5.41) is 7.39. The molecule has 0 saturated carbocycles. The lowest BCUT2D eigenvalue weighted by molar-refractivity contribution is 0.230. The number of piperazine rings is 1. The average Bonchev–Trinajstić information content (AvgIpc) is 2.54. The molecule has 0 aliphatic carbocycles. The van der Waals surface area contributed by atoms with Gasteiger partial charge in [-0.05, 0) is 27.5 Å². The molecule has 0 unspecified atom stereocenters.